The zero-order valence-electron chi connectivity index (χ0n) is 10.5. The minimum Gasteiger partial charge on any atom is -0.481 e. The monoisotopic (exact) mass is 246 g/mol. The maximum atomic E-state index is 10.9. The Morgan fingerprint density at radius 3 is 2.67 bits per heavy atom. The molecule has 1 aromatic rings. The molecule has 96 valence electrons. The molecule has 1 aromatic carbocycles. The fourth-order valence-electron chi connectivity index (χ4n) is 2.23. The smallest absolute Gasteiger partial charge is 0.307 e. The van der Waals surface area contributed by atoms with Gasteiger partial charge in [-0.05, 0) is 24.3 Å². The molecule has 0 heterocycles. The van der Waals surface area contributed by atoms with Crippen molar-refractivity contribution >= 4 is 12.0 Å². The average molecular weight is 246 g/mol. The first-order valence-corrected chi connectivity index (χ1v) is 6.19. The second-order valence-corrected chi connectivity index (χ2v) is 4.66. The summed E-state index contributed by atoms with van der Waals surface area (Å²) in [5.41, 5.74) is 2.31. The Balaban J connectivity index is 2.11. The van der Waals surface area contributed by atoms with Gasteiger partial charge in [-0.1, -0.05) is 42.0 Å². The molecule has 0 amide bonds. The molecule has 0 radical (unpaired) electrons. The lowest BCUT2D eigenvalue weighted by Crippen LogP contribution is -2.02. The number of benzene rings is 1. The number of carboxylic acid groups (broad SMARTS) is 1. The molecule has 1 N–H and O–H groups in total. The third kappa shape index (κ3) is 3.20. The normalized spacial score (nSPS) is 22.8. The average Bonchev–Trinajstić information content (AvgIpc) is 3.16. The number of carbonyl (C=O) groups is 1. The summed E-state index contributed by atoms with van der Waals surface area (Å²) in [6.45, 7) is 0.640. The Hall–Kier alpha value is -1.61. The molecule has 1 aliphatic carbocycles. The van der Waals surface area contributed by atoms with Gasteiger partial charge in [-0.25, -0.2) is 0 Å². The van der Waals surface area contributed by atoms with E-state index in [-0.39, 0.29) is 11.8 Å². The molecule has 0 spiro atoms. The molecule has 3 heteroatoms. The van der Waals surface area contributed by atoms with E-state index in [2.05, 4.69) is 6.08 Å². The van der Waals surface area contributed by atoms with Gasteiger partial charge in [-0.3, -0.25) is 4.79 Å². The molecule has 1 fully saturated rings. The van der Waals surface area contributed by atoms with E-state index in [4.69, 9.17) is 9.84 Å². The summed E-state index contributed by atoms with van der Waals surface area (Å²) >= 11 is 0. The number of ether oxygens (including phenoxy) is 1. The van der Waals surface area contributed by atoms with E-state index in [1.807, 2.05) is 30.3 Å². The number of hydrogen-bond acceptors (Lipinski definition) is 2. The predicted octanol–water partition coefficient (Wildman–Crippen LogP) is 2.83. The molecule has 0 aliphatic heterocycles. The summed E-state index contributed by atoms with van der Waals surface area (Å²) in [7, 11) is 1.67. The van der Waals surface area contributed by atoms with E-state index in [1.54, 1.807) is 7.11 Å². The predicted molar refractivity (Wildman–Crippen MR) is 70.1 cm³/mol. The van der Waals surface area contributed by atoms with E-state index in [0.717, 1.165) is 18.4 Å². The van der Waals surface area contributed by atoms with E-state index >= 15 is 0 Å². The highest BCUT2D eigenvalue weighted by Crippen LogP contribution is 2.46. The Labute approximate surface area is 107 Å². The third-order valence-electron chi connectivity index (χ3n) is 3.33. The van der Waals surface area contributed by atoms with Crippen molar-refractivity contribution in [2.75, 3.05) is 13.7 Å². The van der Waals surface area contributed by atoms with Crippen LogP contribution < -0.4 is 0 Å². The highest BCUT2D eigenvalue weighted by molar-refractivity contribution is 5.75. The number of aliphatic carboxylic acids is 1. The van der Waals surface area contributed by atoms with Crippen molar-refractivity contribution in [2.45, 2.75) is 12.8 Å². The number of methoxy groups -OCH3 is 1. The zero-order chi connectivity index (χ0) is 13.0. The van der Waals surface area contributed by atoms with Crippen LogP contribution in [0.15, 0.2) is 35.9 Å². The Kier molecular flexibility index (Phi) is 4.15. The topological polar surface area (TPSA) is 46.5 Å². The van der Waals surface area contributed by atoms with Crippen molar-refractivity contribution in [2.24, 2.45) is 11.8 Å². The lowest BCUT2D eigenvalue weighted by Gasteiger charge is -2.06. The van der Waals surface area contributed by atoms with E-state index in [1.165, 1.54) is 5.57 Å². The zero-order valence-corrected chi connectivity index (χ0v) is 10.5. The molecule has 2 rings (SSSR count). The van der Waals surface area contributed by atoms with Crippen molar-refractivity contribution in [1.29, 1.82) is 0 Å². The Morgan fingerprint density at radius 1 is 1.39 bits per heavy atom. The van der Waals surface area contributed by atoms with E-state index in [9.17, 15) is 4.79 Å². The van der Waals surface area contributed by atoms with Crippen LogP contribution in [0.2, 0.25) is 0 Å². The molecule has 0 unspecified atom stereocenters. The summed E-state index contributed by atoms with van der Waals surface area (Å²) in [5.74, 6) is -0.689. The van der Waals surface area contributed by atoms with Crippen LogP contribution in [0.4, 0.5) is 0 Å². The summed E-state index contributed by atoms with van der Waals surface area (Å²) in [5, 5.41) is 9.01. The van der Waals surface area contributed by atoms with Crippen molar-refractivity contribution in [3.63, 3.8) is 0 Å². The molecular weight excluding hydrogens is 228 g/mol. The van der Waals surface area contributed by atoms with Gasteiger partial charge in [0.15, 0.2) is 0 Å². The van der Waals surface area contributed by atoms with Crippen molar-refractivity contribution in [1.82, 2.24) is 0 Å². The van der Waals surface area contributed by atoms with E-state index in [0.29, 0.717) is 6.61 Å². The summed E-state index contributed by atoms with van der Waals surface area (Å²) in [4.78, 5) is 10.9. The van der Waals surface area contributed by atoms with Gasteiger partial charge in [0, 0.05) is 13.7 Å². The van der Waals surface area contributed by atoms with Gasteiger partial charge in [-0.2, -0.15) is 0 Å². The highest BCUT2D eigenvalue weighted by atomic mass is 16.5. The summed E-state index contributed by atoms with van der Waals surface area (Å²) < 4.78 is 5.10. The molecule has 0 saturated heterocycles. The van der Waals surface area contributed by atoms with Crippen LogP contribution in [-0.2, 0) is 9.53 Å². The summed E-state index contributed by atoms with van der Waals surface area (Å²) in [6.07, 6.45) is 3.67. The quantitative estimate of drug-likeness (QED) is 0.839. The first kappa shape index (κ1) is 12.8. The first-order chi connectivity index (χ1) is 8.72. The van der Waals surface area contributed by atoms with Gasteiger partial charge in [0.25, 0.3) is 0 Å². The van der Waals surface area contributed by atoms with Crippen LogP contribution in [-0.4, -0.2) is 24.8 Å². The maximum Gasteiger partial charge on any atom is 0.307 e. The lowest BCUT2D eigenvalue weighted by molar-refractivity contribution is -0.138. The van der Waals surface area contributed by atoms with Crippen LogP contribution in [0.5, 0.6) is 0 Å². The van der Waals surface area contributed by atoms with Crippen LogP contribution in [0.25, 0.3) is 6.08 Å². The molecule has 0 bridgehead atoms. The number of carboxylic acids is 1. The standard InChI is InChI=1S/C15H18O3/c1-18-8-7-12(13-10-14(13)15(16)17)9-11-5-3-2-4-6-11/h2-6,9,13-14H,7-8,10H2,1H3,(H,16,17)/b12-9+/t13-,14+/m0/s1. The SMILES string of the molecule is COCC/C(=C\c1ccccc1)[C@@H]1C[C@H]1C(=O)O. The van der Waals surface area contributed by atoms with Crippen molar-refractivity contribution < 1.29 is 14.6 Å². The molecule has 3 nitrogen and oxygen atoms in total. The van der Waals surface area contributed by atoms with Crippen LogP contribution >= 0.6 is 0 Å². The largest absolute Gasteiger partial charge is 0.481 e. The Bertz CT molecular complexity index is 436. The molecule has 1 saturated carbocycles. The molecule has 2 atom stereocenters. The van der Waals surface area contributed by atoms with Gasteiger partial charge in [0.1, 0.15) is 0 Å². The fraction of sp³-hybridized carbons (Fsp3) is 0.400. The summed E-state index contributed by atoms with van der Waals surface area (Å²) in [6, 6.07) is 10.0. The number of rotatable bonds is 6. The molecule has 18 heavy (non-hydrogen) atoms. The van der Waals surface area contributed by atoms with E-state index < -0.39 is 5.97 Å². The molecular formula is C15H18O3. The minimum atomic E-state index is -0.684. The Morgan fingerprint density at radius 2 is 2.11 bits per heavy atom. The van der Waals surface area contributed by atoms with Crippen LogP contribution in [0.1, 0.15) is 18.4 Å². The highest BCUT2D eigenvalue weighted by Gasteiger charge is 2.44. The minimum absolute atomic E-state index is 0.192. The fourth-order valence-corrected chi connectivity index (χ4v) is 2.23. The molecule has 0 aromatic heterocycles. The second-order valence-electron chi connectivity index (χ2n) is 4.66. The molecule has 1 aliphatic rings. The van der Waals surface area contributed by atoms with Gasteiger partial charge in [-0.15, -0.1) is 0 Å². The van der Waals surface area contributed by atoms with Crippen molar-refractivity contribution in [3.8, 4) is 0 Å². The van der Waals surface area contributed by atoms with Crippen molar-refractivity contribution in [3.05, 3.63) is 41.5 Å². The third-order valence-corrected chi connectivity index (χ3v) is 3.33. The maximum absolute atomic E-state index is 10.9. The van der Waals surface area contributed by atoms with Crippen LogP contribution in [0.3, 0.4) is 0 Å². The van der Waals surface area contributed by atoms with Crippen LogP contribution in [0, 0.1) is 11.8 Å². The van der Waals surface area contributed by atoms with Gasteiger partial charge in [0.2, 0.25) is 0 Å². The van der Waals surface area contributed by atoms with Gasteiger partial charge >= 0.3 is 5.97 Å². The van der Waals surface area contributed by atoms with Gasteiger partial charge in [0.05, 0.1) is 5.92 Å². The van der Waals surface area contributed by atoms with Gasteiger partial charge < -0.3 is 9.84 Å². The lowest BCUT2D eigenvalue weighted by atomic mass is 10.0. The second kappa shape index (κ2) is 5.83. The number of hydrogen-bond donors (Lipinski definition) is 1. The first-order valence-electron chi connectivity index (χ1n) is 6.19.